The molecular formula is C21H20ClN3O3S. The summed E-state index contributed by atoms with van der Waals surface area (Å²) in [5, 5.41) is 12.9. The van der Waals surface area contributed by atoms with Crippen molar-refractivity contribution in [3.05, 3.63) is 87.8 Å². The first kappa shape index (κ1) is 19.7. The Bertz CT molecular complexity index is 1000. The van der Waals surface area contributed by atoms with E-state index in [9.17, 15) is 4.21 Å². The van der Waals surface area contributed by atoms with Gasteiger partial charge < -0.3 is 15.2 Å². The molecule has 150 valence electrons. The van der Waals surface area contributed by atoms with Crippen LogP contribution < -0.4 is 14.8 Å². The lowest BCUT2D eigenvalue weighted by molar-refractivity contribution is 0.221. The van der Waals surface area contributed by atoms with E-state index in [1.165, 1.54) is 0 Å². The minimum absolute atomic E-state index is 0.00796. The molecule has 1 aliphatic heterocycles. The Morgan fingerprint density at radius 2 is 1.90 bits per heavy atom. The number of ether oxygens (including phenoxy) is 1. The van der Waals surface area contributed by atoms with Crippen LogP contribution in [0.4, 0.5) is 0 Å². The van der Waals surface area contributed by atoms with E-state index in [1.54, 1.807) is 12.1 Å². The fourth-order valence-electron chi connectivity index (χ4n) is 3.08. The number of aliphatic hydroxyl groups is 1. The van der Waals surface area contributed by atoms with Crippen molar-refractivity contribution in [3.8, 4) is 5.75 Å². The smallest absolute Gasteiger partial charge is 0.204 e. The highest BCUT2D eigenvalue weighted by Gasteiger charge is 2.35. The molecule has 3 atom stereocenters. The van der Waals surface area contributed by atoms with Crippen LogP contribution >= 0.6 is 11.6 Å². The van der Waals surface area contributed by atoms with Crippen LogP contribution in [0.2, 0.25) is 5.02 Å². The molecule has 0 amide bonds. The molecule has 1 saturated heterocycles. The summed E-state index contributed by atoms with van der Waals surface area (Å²) in [6, 6.07) is 14.5. The van der Waals surface area contributed by atoms with Gasteiger partial charge in [0.15, 0.2) is 11.0 Å². The quantitative estimate of drug-likeness (QED) is 0.682. The Morgan fingerprint density at radius 3 is 2.66 bits per heavy atom. The number of allylic oxidation sites excluding steroid dienone is 2. The summed E-state index contributed by atoms with van der Waals surface area (Å²) in [6.45, 7) is 0.421. The van der Waals surface area contributed by atoms with E-state index in [2.05, 4.69) is 15.0 Å². The van der Waals surface area contributed by atoms with E-state index >= 15 is 0 Å². The number of hydrogen-bond donors (Lipinski definition) is 3. The SMILES string of the molecule is O=S1NC(=NCc2ccc(CO)cc2)NC2C1=CC=CC2Oc1ccccc1Cl. The molecule has 0 saturated carbocycles. The maximum Gasteiger partial charge on any atom is 0.204 e. The molecular weight excluding hydrogens is 410 g/mol. The van der Waals surface area contributed by atoms with Gasteiger partial charge in [0.05, 0.1) is 23.1 Å². The number of halogens is 1. The second-order valence-corrected chi connectivity index (χ2v) is 8.22. The monoisotopic (exact) mass is 429 g/mol. The molecule has 1 fully saturated rings. The van der Waals surface area contributed by atoms with Gasteiger partial charge in [0.1, 0.15) is 17.9 Å². The van der Waals surface area contributed by atoms with Crippen LogP contribution in [0.25, 0.3) is 0 Å². The molecule has 0 aromatic heterocycles. The van der Waals surface area contributed by atoms with Gasteiger partial charge in [-0.1, -0.05) is 54.1 Å². The molecule has 2 aromatic rings. The standard InChI is InChI=1S/C21H20ClN3O3S/c22-16-4-1-2-5-17(16)28-18-6-3-7-19-20(18)24-21(25-29(19)27)23-12-14-8-10-15(13-26)11-9-14/h1-11,18,20,26H,12-13H2,(H2,23,24,25). The molecule has 0 bridgehead atoms. The van der Waals surface area contributed by atoms with E-state index in [0.29, 0.717) is 28.2 Å². The van der Waals surface area contributed by atoms with Crippen LogP contribution in [0.5, 0.6) is 5.75 Å². The molecule has 3 N–H and O–H groups in total. The zero-order valence-electron chi connectivity index (χ0n) is 15.4. The van der Waals surface area contributed by atoms with Crippen molar-refractivity contribution in [2.45, 2.75) is 25.3 Å². The minimum atomic E-state index is -1.41. The zero-order valence-corrected chi connectivity index (χ0v) is 17.0. The van der Waals surface area contributed by atoms with E-state index in [0.717, 1.165) is 11.1 Å². The number of para-hydroxylation sites is 1. The summed E-state index contributed by atoms with van der Waals surface area (Å²) in [5.74, 6) is 1.01. The van der Waals surface area contributed by atoms with E-state index in [1.807, 2.05) is 54.6 Å². The number of aliphatic imine (C=N–C) groups is 1. The van der Waals surface area contributed by atoms with Crippen LogP contribution in [-0.2, 0) is 24.1 Å². The van der Waals surface area contributed by atoms with Crippen molar-refractivity contribution < 1.29 is 14.1 Å². The van der Waals surface area contributed by atoms with Crippen molar-refractivity contribution >= 4 is 28.5 Å². The number of rotatable bonds is 5. The molecule has 6 nitrogen and oxygen atoms in total. The van der Waals surface area contributed by atoms with Gasteiger partial charge in [-0.15, -0.1) is 0 Å². The Hall–Kier alpha value is -2.61. The number of hydrogen-bond acceptors (Lipinski definition) is 4. The number of benzene rings is 2. The highest BCUT2D eigenvalue weighted by molar-refractivity contribution is 7.87. The number of nitrogens with one attached hydrogen (secondary N) is 2. The molecule has 0 radical (unpaired) electrons. The third-order valence-corrected chi connectivity index (χ3v) is 6.13. The molecule has 8 heteroatoms. The van der Waals surface area contributed by atoms with Crippen molar-refractivity contribution in [1.29, 1.82) is 0 Å². The molecule has 0 spiro atoms. The number of guanidine groups is 1. The van der Waals surface area contributed by atoms with E-state index in [-0.39, 0.29) is 18.8 Å². The van der Waals surface area contributed by atoms with Crippen LogP contribution in [0.3, 0.4) is 0 Å². The highest BCUT2D eigenvalue weighted by atomic mass is 35.5. The van der Waals surface area contributed by atoms with Crippen LogP contribution in [0, 0.1) is 0 Å². The molecule has 3 unspecified atom stereocenters. The van der Waals surface area contributed by atoms with Gasteiger partial charge in [0, 0.05) is 0 Å². The largest absolute Gasteiger partial charge is 0.482 e. The number of nitrogens with zero attached hydrogens (tertiary/aromatic N) is 1. The Kier molecular flexibility index (Phi) is 5.99. The molecule has 1 aliphatic carbocycles. The van der Waals surface area contributed by atoms with Gasteiger partial charge in [-0.3, -0.25) is 4.72 Å². The van der Waals surface area contributed by atoms with Crippen LogP contribution in [0.1, 0.15) is 11.1 Å². The first-order valence-corrected chi connectivity index (χ1v) is 10.6. The van der Waals surface area contributed by atoms with Crippen molar-refractivity contribution in [3.63, 3.8) is 0 Å². The van der Waals surface area contributed by atoms with Crippen LogP contribution in [-0.4, -0.2) is 27.4 Å². The number of aliphatic hydroxyl groups excluding tert-OH is 1. The third kappa shape index (κ3) is 4.53. The normalized spacial score (nSPS) is 24.3. The maximum atomic E-state index is 12.7. The van der Waals surface area contributed by atoms with Gasteiger partial charge in [-0.2, -0.15) is 0 Å². The summed E-state index contributed by atoms with van der Waals surface area (Å²) in [5.41, 5.74) is 1.83. The van der Waals surface area contributed by atoms with Gasteiger partial charge in [0.2, 0.25) is 5.96 Å². The van der Waals surface area contributed by atoms with Gasteiger partial charge in [-0.25, -0.2) is 9.20 Å². The lowest BCUT2D eigenvalue weighted by atomic mass is 10.1. The Morgan fingerprint density at radius 1 is 1.14 bits per heavy atom. The summed E-state index contributed by atoms with van der Waals surface area (Å²) >= 11 is 6.22. The topological polar surface area (TPSA) is 83.0 Å². The lowest BCUT2D eigenvalue weighted by Crippen LogP contribution is -2.57. The molecule has 1 heterocycles. The summed E-state index contributed by atoms with van der Waals surface area (Å²) in [7, 11) is -1.41. The first-order valence-electron chi connectivity index (χ1n) is 9.11. The second-order valence-electron chi connectivity index (χ2n) is 6.60. The molecule has 4 rings (SSSR count). The zero-order chi connectivity index (χ0) is 20.2. The van der Waals surface area contributed by atoms with Crippen molar-refractivity contribution in [2.24, 2.45) is 4.99 Å². The van der Waals surface area contributed by atoms with Gasteiger partial charge >= 0.3 is 0 Å². The van der Waals surface area contributed by atoms with Crippen LogP contribution in [0.15, 0.2) is 76.7 Å². The summed E-state index contributed by atoms with van der Waals surface area (Å²) in [6.07, 6.45) is 5.17. The van der Waals surface area contributed by atoms with Gasteiger partial charge in [0.25, 0.3) is 0 Å². The Balaban J connectivity index is 1.50. The van der Waals surface area contributed by atoms with Gasteiger partial charge in [-0.05, 0) is 35.4 Å². The number of fused-ring (bicyclic) bond motifs is 1. The minimum Gasteiger partial charge on any atom is -0.482 e. The lowest BCUT2D eigenvalue weighted by Gasteiger charge is -2.35. The molecule has 2 aromatic carbocycles. The predicted molar refractivity (Wildman–Crippen MR) is 115 cm³/mol. The molecule has 29 heavy (non-hydrogen) atoms. The van der Waals surface area contributed by atoms with Crippen molar-refractivity contribution in [1.82, 2.24) is 10.0 Å². The summed E-state index contributed by atoms with van der Waals surface area (Å²) in [4.78, 5) is 5.21. The summed E-state index contributed by atoms with van der Waals surface area (Å²) < 4.78 is 21.6. The second kappa shape index (κ2) is 8.82. The molecule has 2 aliphatic rings. The van der Waals surface area contributed by atoms with E-state index < -0.39 is 11.0 Å². The maximum absolute atomic E-state index is 12.7. The predicted octanol–water partition coefficient (Wildman–Crippen LogP) is 2.81. The highest BCUT2D eigenvalue weighted by Crippen LogP contribution is 2.28. The fourth-order valence-corrected chi connectivity index (χ4v) is 4.31. The third-order valence-electron chi connectivity index (χ3n) is 4.62. The first-order chi connectivity index (χ1) is 14.1. The average molecular weight is 430 g/mol. The van der Waals surface area contributed by atoms with E-state index in [4.69, 9.17) is 21.4 Å². The average Bonchev–Trinajstić information content (AvgIpc) is 2.75. The fraction of sp³-hybridized carbons (Fsp3) is 0.190. The van der Waals surface area contributed by atoms with Crippen molar-refractivity contribution in [2.75, 3.05) is 0 Å². The Labute approximate surface area is 176 Å².